The van der Waals surface area contributed by atoms with Crippen molar-refractivity contribution in [1.29, 1.82) is 0 Å². The van der Waals surface area contributed by atoms with Crippen molar-refractivity contribution in [3.8, 4) is 0 Å². The number of piperidine rings is 1. The number of anilines is 1. The van der Waals surface area contributed by atoms with Gasteiger partial charge < -0.3 is 15.5 Å². The van der Waals surface area contributed by atoms with Gasteiger partial charge in [-0.3, -0.25) is 4.79 Å². The second-order valence-corrected chi connectivity index (χ2v) is 5.59. The number of carbonyl (C=O) groups is 1. The van der Waals surface area contributed by atoms with Gasteiger partial charge in [0.15, 0.2) is 0 Å². The Morgan fingerprint density at radius 1 is 1.18 bits per heavy atom. The molecule has 1 saturated heterocycles. The molecule has 1 fully saturated rings. The standard InChI is InChI=1S/C16H25N3O.2ClH/c1-14-7-10-19(11-8-14)12-9-17-16(20)13-18-15-5-3-2-4-6-15;;/h2-6,14,18H,7-13H2,1H3,(H,17,20);2*1H. The summed E-state index contributed by atoms with van der Waals surface area (Å²) >= 11 is 0. The van der Waals surface area contributed by atoms with Gasteiger partial charge >= 0.3 is 0 Å². The molecular formula is C16H27Cl2N3O. The predicted molar refractivity (Wildman–Crippen MR) is 97.3 cm³/mol. The molecule has 22 heavy (non-hydrogen) atoms. The Hall–Kier alpha value is -0.970. The first kappa shape index (κ1) is 21.0. The number of nitrogens with one attached hydrogen (secondary N) is 2. The minimum atomic E-state index is 0. The van der Waals surface area contributed by atoms with E-state index >= 15 is 0 Å². The van der Waals surface area contributed by atoms with Crippen molar-refractivity contribution >= 4 is 36.4 Å². The summed E-state index contributed by atoms with van der Waals surface area (Å²) in [6.07, 6.45) is 2.56. The fourth-order valence-corrected chi connectivity index (χ4v) is 2.44. The van der Waals surface area contributed by atoms with Crippen LogP contribution in [0.1, 0.15) is 19.8 Å². The molecule has 4 nitrogen and oxygen atoms in total. The maximum atomic E-state index is 11.7. The highest BCUT2D eigenvalue weighted by atomic mass is 35.5. The quantitative estimate of drug-likeness (QED) is 0.831. The normalized spacial score (nSPS) is 15.3. The van der Waals surface area contributed by atoms with E-state index in [2.05, 4.69) is 22.5 Å². The first-order valence-corrected chi connectivity index (χ1v) is 7.52. The Morgan fingerprint density at radius 2 is 1.82 bits per heavy atom. The molecule has 0 saturated carbocycles. The number of hydrogen-bond donors (Lipinski definition) is 2. The van der Waals surface area contributed by atoms with Crippen LogP contribution >= 0.6 is 24.8 Å². The van der Waals surface area contributed by atoms with E-state index in [1.807, 2.05) is 30.3 Å². The molecule has 0 atom stereocenters. The number of hydrogen-bond acceptors (Lipinski definition) is 3. The zero-order valence-corrected chi connectivity index (χ0v) is 14.7. The van der Waals surface area contributed by atoms with Crippen LogP contribution in [0.3, 0.4) is 0 Å². The third-order valence-corrected chi connectivity index (χ3v) is 3.85. The summed E-state index contributed by atoms with van der Waals surface area (Å²) in [7, 11) is 0. The van der Waals surface area contributed by atoms with Gasteiger partial charge in [-0.15, -0.1) is 24.8 Å². The molecular weight excluding hydrogens is 321 g/mol. The second kappa shape index (κ2) is 11.6. The van der Waals surface area contributed by atoms with Crippen molar-refractivity contribution in [2.75, 3.05) is 38.0 Å². The first-order valence-electron chi connectivity index (χ1n) is 7.52. The van der Waals surface area contributed by atoms with Crippen LogP contribution in [0.15, 0.2) is 30.3 Å². The number of rotatable bonds is 6. The summed E-state index contributed by atoms with van der Waals surface area (Å²) < 4.78 is 0. The summed E-state index contributed by atoms with van der Waals surface area (Å²) in [6, 6.07) is 9.80. The molecule has 0 aromatic heterocycles. The van der Waals surface area contributed by atoms with Crippen LogP contribution in [0.25, 0.3) is 0 Å². The molecule has 0 bridgehead atoms. The van der Waals surface area contributed by atoms with Crippen LogP contribution in [0, 0.1) is 5.92 Å². The Kier molecular flexibility index (Phi) is 11.1. The van der Waals surface area contributed by atoms with E-state index < -0.39 is 0 Å². The number of para-hydroxylation sites is 1. The topological polar surface area (TPSA) is 44.4 Å². The fourth-order valence-electron chi connectivity index (χ4n) is 2.44. The predicted octanol–water partition coefficient (Wildman–Crippen LogP) is 2.79. The Morgan fingerprint density at radius 3 is 2.45 bits per heavy atom. The number of amides is 1. The van der Waals surface area contributed by atoms with Gasteiger partial charge in [0.1, 0.15) is 0 Å². The van der Waals surface area contributed by atoms with Crippen molar-refractivity contribution in [3.63, 3.8) is 0 Å². The Balaban J connectivity index is 0.00000220. The van der Waals surface area contributed by atoms with Crippen molar-refractivity contribution in [1.82, 2.24) is 10.2 Å². The molecule has 1 aliphatic heterocycles. The van der Waals surface area contributed by atoms with E-state index in [1.165, 1.54) is 25.9 Å². The van der Waals surface area contributed by atoms with Crippen LogP contribution in [0.4, 0.5) is 5.69 Å². The van der Waals surface area contributed by atoms with E-state index in [-0.39, 0.29) is 30.7 Å². The highest BCUT2D eigenvalue weighted by Crippen LogP contribution is 2.15. The molecule has 2 N–H and O–H groups in total. The summed E-state index contributed by atoms with van der Waals surface area (Å²) in [6.45, 7) is 6.68. The zero-order valence-electron chi connectivity index (χ0n) is 13.1. The lowest BCUT2D eigenvalue weighted by Gasteiger charge is -2.30. The number of benzene rings is 1. The molecule has 1 aliphatic rings. The van der Waals surface area contributed by atoms with Crippen molar-refractivity contribution in [2.24, 2.45) is 5.92 Å². The van der Waals surface area contributed by atoms with Gasteiger partial charge in [-0.05, 0) is 44.0 Å². The van der Waals surface area contributed by atoms with Crippen LogP contribution in [0.2, 0.25) is 0 Å². The summed E-state index contributed by atoms with van der Waals surface area (Å²) in [5.41, 5.74) is 0.979. The number of nitrogens with zero attached hydrogens (tertiary/aromatic N) is 1. The van der Waals surface area contributed by atoms with E-state index in [4.69, 9.17) is 0 Å². The third kappa shape index (κ3) is 7.87. The van der Waals surface area contributed by atoms with Gasteiger partial charge in [0, 0.05) is 18.8 Å². The van der Waals surface area contributed by atoms with Crippen LogP contribution in [0.5, 0.6) is 0 Å². The fraction of sp³-hybridized carbons (Fsp3) is 0.562. The lowest BCUT2D eigenvalue weighted by molar-refractivity contribution is -0.119. The third-order valence-electron chi connectivity index (χ3n) is 3.85. The average molecular weight is 348 g/mol. The number of carbonyl (C=O) groups excluding carboxylic acids is 1. The van der Waals surface area contributed by atoms with Crippen molar-refractivity contribution < 1.29 is 4.79 Å². The van der Waals surface area contributed by atoms with Gasteiger partial charge in [-0.2, -0.15) is 0 Å². The monoisotopic (exact) mass is 347 g/mol. The van der Waals surface area contributed by atoms with Crippen molar-refractivity contribution in [3.05, 3.63) is 30.3 Å². The highest BCUT2D eigenvalue weighted by Gasteiger charge is 2.14. The van der Waals surface area contributed by atoms with Crippen molar-refractivity contribution in [2.45, 2.75) is 19.8 Å². The van der Waals surface area contributed by atoms with Gasteiger partial charge in [0.25, 0.3) is 0 Å². The number of likely N-dealkylation sites (tertiary alicyclic amines) is 1. The van der Waals surface area contributed by atoms with E-state index in [0.29, 0.717) is 6.54 Å². The molecule has 1 aromatic carbocycles. The van der Waals surface area contributed by atoms with Gasteiger partial charge in [-0.25, -0.2) is 0 Å². The first-order chi connectivity index (χ1) is 9.74. The molecule has 0 unspecified atom stereocenters. The molecule has 0 spiro atoms. The molecule has 0 radical (unpaired) electrons. The van der Waals surface area contributed by atoms with Gasteiger partial charge in [-0.1, -0.05) is 25.1 Å². The average Bonchev–Trinajstić information content (AvgIpc) is 2.48. The smallest absolute Gasteiger partial charge is 0.239 e. The molecule has 1 amide bonds. The summed E-state index contributed by atoms with van der Waals surface area (Å²) in [4.78, 5) is 14.2. The highest BCUT2D eigenvalue weighted by molar-refractivity contribution is 5.85. The van der Waals surface area contributed by atoms with E-state index in [1.54, 1.807) is 0 Å². The maximum absolute atomic E-state index is 11.7. The van der Waals surface area contributed by atoms with Gasteiger partial charge in [0.2, 0.25) is 5.91 Å². The number of halogens is 2. The van der Waals surface area contributed by atoms with Gasteiger partial charge in [0.05, 0.1) is 6.54 Å². The summed E-state index contributed by atoms with van der Waals surface area (Å²) in [5, 5.41) is 6.08. The SMILES string of the molecule is CC1CCN(CCNC(=O)CNc2ccccc2)CC1.Cl.Cl. The minimum absolute atomic E-state index is 0. The lowest BCUT2D eigenvalue weighted by Crippen LogP contribution is -2.40. The molecule has 0 aliphatic carbocycles. The molecule has 2 rings (SSSR count). The summed E-state index contributed by atoms with van der Waals surface area (Å²) in [5.74, 6) is 0.912. The second-order valence-electron chi connectivity index (χ2n) is 5.59. The van der Waals surface area contributed by atoms with E-state index in [0.717, 1.165) is 24.7 Å². The Bertz CT molecular complexity index is 409. The molecule has 1 heterocycles. The molecule has 6 heteroatoms. The van der Waals surface area contributed by atoms with Crippen LogP contribution in [-0.2, 0) is 4.79 Å². The van der Waals surface area contributed by atoms with E-state index in [9.17, 15) is 4.79 Å². The van der Waals surface area contributed by atoms with Crippen LogP contribution < -0.4 is 10.6 Å². The maximum Gasteiger partial charge on any atom is 0.239 e. The molecule has 1 aromatic rings. The largest absolute Gasteiger partial charge is 0.376 e. The van der Waals surface area contributed by atoms with Crippen LogP contribution in [-0.4, -0.2) is 43.5 Å². The lowest BCUT2D eigenvalue weighted by atomic mass is 9.99. The Labute approximate surface area is 145 Å². The zero-order chi connectivity index (χ0) is 14.2. The molecule has 126 valence electrons. The minimum Gasteiger partial charge on any atom is -0.376 e.